The molecular formula is C14H18ClNO3. The first-order valence-corrected chi connectivity index (χ1v) is 6.78. The molecule has 1 aliphatic rings. The molecule has 0 bridgehead atoms. The third-order valence-electron chi connectivity index (χ3n) is 3.43. The van der Waals surface area contributed by atoms with Crippen LogP contribution in [0.15, 0.2) is 24.3 Å². The molecule has 1 aromatic rings. The second kappa shape index (κ2) is 6.26. The molecule has 0 aromatic heterocycles. The molecule has 2 rings (SSSR count). The fourth-order valence-electron chi connectivity index (χ4n) is 2.07. The number of amides is 1. The average molecular weight is 284 g/mol. The maximum atomic E-state index is 12.0. The summed E-state index contributed by atoms with van der Waals surface area (Å²) in [7, 11) is 0. The minimum absolute atomic E-state index is 0.0263. The van der Waals surface area contributed by atoms with E-state index in [1.165, 1.54) is 0 Å². The van der Waals surface area contributed by atoms with Crippen LogP contribution in [-0.4, -0.2) is 41.7 Å². The first kappa shape index (κ1) is 14.2. The summed E-state index contributed by atoms with van der Waals surface area (Å²) in [6.07, 6.45) is 0.383. The Morgan fingerprint density at radius 2 is 2.37 bits per heavy atom. The number of rotatable bonds is 3. The van der Waals surface area contributed by atoms with E-state index in [4.69, 9.17) is 16.3 Å². The van der Waals surface area contributed by atoms with Crippen molar-refractivity contribution in [2.45, 2.75) is 19.4 Å². The molecular weight excluding hydrogens is 266 g/mol. The van der Waals surface area contributed by atoms with Gasteiger partial charge in [0.1, 0.15) is 5.75 Å². The number of hydrogen-bond donors (Lipinski definition) is 1. The van der Waals surface area contributed by atoms with E-state index in [-0.39, 0.29) is 18.4 Å². The van der Waals surface area contributed by atoms with Crippen molar-refractivity contribution in [3.05, 3.63) is 29.3 Å². The number of aliphatic hydroxyl groups is 1. The maximum absolute atomic E-state index is 12.0. The van der Waals surface area contributed by atoms with E-state index in [1.54, 1.807) is 29.2 Å². The molecule has 0 radical (unpaired) electrons. The molecule has 1 N–H and O–H groups in total. The van der Waals surface area contributed by atoms with Crippen LogP contribution in [0.4, 0.5) is 0 Å². The highest BCUT2D eigenvalue weighted by Gasteiger charge is 2.27. The van der Waals surface area contributed by atoms with Gasteiger partial charge in [0.25, 0.3) is 5.91 Å². The quantitative estimate of drug-likeness (QED) is 0.922. The number of carbonyl (C=O) groups is 1. The number of piperidine rings is 1. The lowest BCUT2D eigenvalue weighted by molar-refractivity contribution is -0.137. The number of halogens is 1. The molecule has 5 heteroatoms. The third-order valence-corrected chi connectivity index (χ3v) is 3.66. The highest BCUT2D eigenvalue weighted by molar-refractivity contribution is 6.30. The van der Waals surface area contributed by atoms with Crippen LogP contribution in [0.25, 0.3) is 0 Å². The Bertz CT molecular complexity index is 452. The van der Waals surface area contributed by atoms with E-state index >= 15 is 0 Å². The first-order valence-electron chi connectivity index (χ1n) is 6.40. The largest absolute Gasteiger partial charge is 0.484 e. The van der Waals surface area contributed by atoms with Gasteiger partial charge in [0.05, 0.1) is 6.10 Å². The smallest absolute Gasteiger partial charge is 0.260 e. The van der Waals surface area contributed by atoms with Crippen molar-refractivity contribution in [3.63, 3.8) is 0 Å². The number of benzene rings is 1. The summed E-state index contributed by atoms with van der Waals surface area (Å²) in [4.78, 5) is 13.6. The SMILES string of the molecule is CC1CCN(C(=O)COc2cccc(Cl)c2)CC1O. The van der Waals surface area contributed by atoms with Crippen LogP contribution in [0.5, 0.6) is 5.75 Å². The number of aliphatic hydroxyl groups excluding tert-OH is 1. The van der Waals surface area contributed by atoms with Gasteiger partial charge in [-0.3, -0.25) is 4.79 Å². The fraction of sp³-hybridized carbons (Fsp3) is 0.500. The van der Waals surface area contributed by atoms with E-state index in [0.717, 1.165) is 6.42 Å². The topological polar surface area (TPSA) is 49.8 Å². The van der Waals surface area contributed by atoms with Gasteiger partial charge in [0.15, 0.2) is 6.61 Å². The molecule has 1 aromatic carbocycles. The van der Waals surface area contributed by atoms with Gasteiger partial charge in [-0.15, -0.1) is 0 Å². The molecule has 0 saturated carbocycles. The molecule has 104 valence electrons. The molecule has 0 aliphatic carbocycles. The van der Waals surface area contributed by atoms with E-state index in [9.17, 15) is 9.90 Å². The molecule has 2 atom stereocenters. The van der Waals surface area contributed by atoms with Crippen molar-refractivity contribution in [1.29, 1.82) is 0 Å². The molecule has 19 heavy (non-hydrogen) atoms. The lowest BCUT2D eigenvalue weighted by atomic mass is 9.96. The fourth-order valence-corrected chi connectivity index (χ4v) is 2.25. The van der Waals surface area contributed by atoms with E-state index in [2.05, 4.69) is 0 Å². The summed E-state index contributed by atoms with van der Waals surface area (Å²) in [6.45, 7) is 3.03. The van der Waals surface area contributed by atoms with Crippen molar-refractivity contribution in [2.24, 2.45) is 5.92 Å². The third kappa shape index (κ3) is 3.85. The average Bonchev–Trinajstić information content (AvgIpc) is 2.39. The number of likely N-dealkylation sites (tertiary alicyclic amines) is 1. The summed E-state index contributed by atoms with van der Waals surface area (Å²) in [6, 6.07) is 6.95. The highest BCUT2D eigenvalue weighted by atomic mass is 35.5. The second-order valence-corrected chi connectivity index (χ2v) is 5.36. The van der Waals surface area contributed by atoms with Gasteiger partial charge in [-0.1, -0.05) is 24.6 Å². The van der Waals surface area contributed by atoms with Gasteiger partial charge >= 0.3 is 0 Å². The summed E-state index contributed by atoms with van der Waals surface area (Å²) in [5.41, 5.74) is 0. The lowest BCUT2D eigenvalue weighted by Crippen LogP contribution is -2.47. The highest BCUT2D eigenvalue weighted by Crippen LogP contribution is 2.19. The van der Waals surface area contributed by atoms with E-state index < -0.39 is 6.10 Å². The minimum atomic E-state index is -0.441. The van der Waals surface area contributed by atoms with Gasteiger partial charge in [-0.05, 0) is 30.5 Å². The number of ether oxygens (including phenoxy) is 1. The normalized spacial score (nSPS) is 23.2. The van der Waals surface area contributed by atoms with Gasteiger partial charge in [0.2, 0.25) is 0 Å². The molecule has 1 aliphatic heterocycles. The molecule has 2 unspecified atom stereocenters. The Balaban J connectivity index is 1.84. The zero-order valence-electron chi connectivity index (χ0n) is 10.9. The Labute approximate surface area is 117 Å². The Kier molecular flexibility index (Phi) is 4.66. The van der Waals surface area contributed by atoms with Crippen LogP contribution in [0.3, 0.4) is 0 Å². The van der Waals surface area contributed by atoms with Crippen molar-refractivity contribution in [3.8, 4) is 5.75 Å². The van der Waals surface area contributed by atoms with Crippen molar-refractivity contribution < 1.29 is 14.6 Å². The van der Waals surface area contributed by atoms with E-state index in [0.29, 0.717) is 23.9 Å². The lowest BCUT2D eigenvalue weighted by Gasteiger charge is -2.34. The zero-order valence-corrected chi connectivity index (χ0v) is 11.6. The van der Waals surface area contributed by atoms with Crippen LogP contribution in [-0.2, 0) is 4.79 Å². The Morgan fingerprint density at radius 1 is 1.58 bits per heavy atom. The predicted molar refractivity (Wildman–Crippen MR) is 73.3 cm³/mol. The monoisotopic (exact) mass is 283 g/mol. The van der Waals surface area contributed by atoms with Gasteiger partial charge < -0.3 is 14.7 Å². The Morgan fingerprint density at radius 3 is 3.05 bits per heavy atom. The van der Waals surface area contributed by atoms with Crippen molar-refractivity contribution in [1.82, 2.24) is 4.90 Å². The summed E-state index contributed by atoms with van der Waals surface area (Å²) >= 11 is 5.84. The second-order valence-electron chi connectivity index (χ2n) is 4.92. The first-order chi connectivity index (χ1) is 9.06. The van der Waals surface area contributed by atoms with Crippen LogP contribution in [0, 0.1) is 5.92 Å². The maximum Gasteiger partial charge on any atom is 0.260 e. The standard InChI is InChI=1S/C14H18ClNO3/c1-10-5-6-16(8-13(10)17)14(18)9-19-12-4-2-3-11(15)7-12/h2-4,7,10,13,17H,5-6,8-9H2,1H3. The zero-order chi connectivity index (χ0) is 13.8. The molecule has 1 saturated heterocycles. The van der Waals surface area contributed by atoms with Crippen molar-refractivity contribution >= 4 is 17.5 Å². The summed E-state index contributed by atoms with van der Waals surface area (Å²) < 4.78 is 5.41. The van der Waals surface area contributed by atoms with Crippen LogP contribution in [0.2, 0.25) is 5.02 Å². The van der Waals surface area contributed by atoms with Crippen molar-refractivity contribution in [2.75, 3.05) is 19.7 Å². The Hall–Kier alpha value is -1.26. The van der Waals surface area contributed by atoms with Gasteiger partial charge in [0, 0.05) is 18.1 Å². The number of carbonyl (C=O) groups excluding carboxylic acids is 1. The molecule has 1 heterocycles. The number of β-amino-alcohol motifs (C(OH)–C–C–N with tert-alkyl or cyclic N) is 1. The van der Waals surface area contributed by atoms with Gasteiger partial charge in [-0.2, -0.15) is 0 Å². The summed E-state index contributed by atoms with van der Waals surface area (Å²) in [5.74, 6) is 0.718. The molecule has 4 nitrogen and oxygen atoms in total. The van der Waals surface area contributed by atoms with E-state index in [1.807, 2.05) is 6.92 Å². The molecule has 1 amide bonds. The van der Waals surface area contributed by atoms with Crippen LogP contribution in [0.1, 0.15) is 13.3 Å². The van der Waals surface area contributed by atoms with Crippen LogP contribution >= 0.6 is 11.6 Å². The number of nitrogens with zero attached hydrogens (tertiary/aromatic N) is 1. The predicted octanol–water partition coefficient (Wildman–Crippen LogP) is 1.95. The summed E-state index contributed by atoms with van der Waals surface area (Å²) in [5, 5.41) is 10.3. The van der Waals surface area contributed by atoms with Crippen LogP contribution < -0.4 is 4.74 Å². The molecule has 1 fully saturated rings. The minimum Gasteiger partial charge on any atom is -0.484 e. The molecule has 0 spiro atoms. The van der Waals surface area contributed by atoms with Gasteiger partial charge in [-0.25, -0.2) is 0 Å². The number of hydrogen-bond acceptors (Lipinski definition) is 3.